The predicted octanol–water partition coefficient (Wildman–Crippen LogP) is 2.33. The number of hydrogen-bond acceptors (Lipinski definition) is 6. The summed E-state index contributed by atoms with van der Waals surface area (Å²) in [6.45, 7) is 1.57. The van der Waals surface area contributed by atoms with Crippen molar-refractivity contribution in [1.82, 2.24) is 15.5 Å². The molecule has 0 aliphatic heterocycles. The second kappa shape index (κ2) is 7.14. The van der Waals surface area contributed by atoms with Gasteiger partial charge in [-0.3, -0.25) is 4.79 Å². The van der Waals surface area contributed by atoms with Crippen molar-refractivity contribution < 1.29 is 22.8 Å². The van der Waals surface area contributed by atoms with Gasteiger partial charge in [-0.2, -0.15) is 19.0 Å². The number of amides is 1. The standard InChI is InChI=1S/C15H14F2N4O3/c1-15(7-18,8-23-2)20-13(22)10-5-3-9(4-6-10)12-19-14(11(16)17)24-21-12/h3-6,11H,8H2,1-2H3,(H,20,22). The number of nitrogens with zero attached hydrogens (tertiary/aromatic N) is 3. The fourth-order valence-electron chi connectivity index (χ4n) is 1.92. The molecule has 0 saturated heterocycles. The molecule has 1 unspecified atom stereocenters. The maximum atomic E-state index is 12.4. The monoisotopic (exact) mass is 336 g/mol. The Bertz CT molecular complexity index is 755. The van der Waals surface area contributed by atoms with Crippen LogP contribution in [0.1, 0.15) is 29.6 Å². The van der Waals surface area contributed by atoms with Gasteiger partial charge in [0.25, 0.3) is 11.8 Å². The van der Waals surface area contributed by atoms with Gasteiger partial charge < -0.3 is 14.6 Å². The van der Waals surface area contributed by atoms with Crippen molar-refractivity contribution >= 4 is 5.91 Å². The van der Waals surface area contributed by atoms with Crippen LogP contribution in [0.4, 0.5) is 8.78 Å². The average Bonchev–Trinajstić information content (AvgIpc) is 3.05. The first-order valence-corrected chi connectivity index (χ1v) is 6.83. The normalized spacial score (nSPS) is 13.3. The molecule has 1 aromatic carbocycles. The van der Waals surface area contributed by atoms with E-state index in [-0.39, 0.29) is 18.0 Å². The van der Waals surface area contributed by atoms with Gasteiger partial charge in [-0.25, -0.2) is 0 Å². The van der Waals surface area contributed by atoms with Gasteiger partial charge in [0, 0.05) is 18.2 Å². The number of halogens is 2. The molecule has 9 heteroatoms. The molecule has 1 N–H and O–H groups in total. The van der Waals surface area contributed by atoms with E-state index in [1.807, 2.05) is 6.07 Å². The van der Waals surface area contributed by atoms with E-state index in [0.717, 1.165) is 0 Å². The van der Waals surface area contributed by atoms with E-state index in [2.05, 4.69) is 20.0 Å². The zero-order chi connectivity index (χ0) is 17.7. The van der Waals surface area contributed by atoms with Crippen molar-refractivity contribution in [3.8, 4) is 17.5 Å². The quantitative estimate of drug-likeness (QED) is 0.869. The van der Waals surface area contributed by atoms with Crippen molar-refractivity contribution in [2.24, 2.45) is 0 Å². The van der Waals surface area contributed by atoms with Gasteiger partial charge in [-0.15, -0.1) is 0 Å². The average molecular weight is 336 g/mol. The van der Waals surface area contributed by atoms with Crippen LogP contribution < -0.4 is 5.32 Å². The molecule has 0 spiro atoms. The lowest BCUT2D eigenvalue weighted by Crippen LogP contribution is -2.48. The molecule has 1 heterocycles. The van der Waals surface area contributed by atoms with Crippen LogP contribution in [0.25, 0.3) is 11.4 Å². The first-order valence-electron chi connectivity index (χ1n) is 6.83. The Morgan fingerprint density at radius 3 is 2.62 bits per heavy atom. The number of nitriles is 1. The van der Waals surface area contributed by atoms with Crippen molar-refractivity contribution in [3.63, 3.8) is 0 Å². The van der Waals surface area contributed by atoms with Crippen LogP contribution in [0.2, 0.25) is 0 Å². The Hall–Kier alpha value is -2.86. The van der Waals surface area contributed by atoms with E-state index in [1.165, 1.54) is 38.3 Å². The number of aromatic nitrogens is 2. The van der Waals surface area contributed by atoms with Crippen molar-refractivity contribution in [2.75, 3.05) is 13.7 Å². The van der Waals surface area contributed by atoms with Gasteiger partial charge in [-0.1, -0.05) is 17.3 Å². The number of rotatable bonds is 6. The first-order chi connectivity index (χ1) is 11.4. The Morgan fingerprint density at radius 1 is 1.46 bits per heavy atom. The van der Waals surface area contributed by atoms with E-state index < -0.39 is 23.8 Å². The van der Waals surface area contributed by atoms with E-state index in [9.17, 15) is 13.6 Å². The van der Waals surface area contributed by atoms with Crippen LogP contribution >= 0.6 is 0 Å². The third-order valence-corrected chi connectivity index (χ3v) is 3.10. The largest absolute Gasteiger partial charge is 0.381 e. The van der Waals surface area contributed by atoms with Crippen LogP contribution in [-0.4, -0.2) is 35.3 Å². The molecule has 1 amide bonds. The summed E-state index contributed by atoms with van der Waals surface area (Å²) in [5, 5.41) is 15.1. The highest BCUT2D eigenvalue weighted by atomic mass is 19.3. The van der Waals surface area contributed by atoms with Crippen molar-refractivity contribution in [1.29, 1.82) is 5.26 Å². The summed E-state index contributed by atoms with van der Waals surface area (Å²) in [5.41, 5.74) is -0.458. The molecule has 0 bridgehead atoms. The van der Waals surface area contributed by atoms with E-state index >= 15 is 0 Å². The van der Waals surface area contributed by atoms with E-state index in [0.29, 0.717) is 5.56 Å². The van der Waals surface area contributed by atoms with Gasteiger partial charge in [0.15, 0.2) is 0 Å². The number of benzene rings is 1. The van der Waals surface area contributed by atoms with Crippen molar-refractivity contribution in [3.05, 3.63) is 35.7 Å². The van der Waals surface area contributed by atoms with E-state index in [1.54, 1.807) is 0 Å². The van der Waals surface area contributed by atoms with Gasteiger partial charge in [-0.05, 0) is 19.1 Å². The minimum absolute atomic E-state index is 0.00138. The number of methoxy groups -OCH3 is 1. The molecule has 1 aromatic heterocycles. The molecule has 0 aliphatic carbocycles. The van der Waals surface area contributed by atoms with Gasteiger partial charge in [0.1, 0.15) is 5.54 Å². The Morgan fingerprint density at radius 2 is 2.12 bits per heavy atom. The van der Waals surface area contributed by atoms with Crippen molar-refractivity contribution in [2.45, 2.75) is 18.9 Å². The Balaban J connectivity index is 2.14. The van der Waals surface area contributed by atoms with Gasteiger partial charge >= 0.3 is 6.43 Å². The number of carbonyl (C=O) groups is 1. The molecule has 2 rings (SSSR count). The third-order valence-electron chi connectivity index (χ3n) is 3.10. The third kappa shape index (κ3) is 3.91. The molecule has 0 aliphatic rings. The lowest BCUT2D eigenvalue weighted by molar-refractivity contribution is 0.0860. The van der Waals surface area contributed by atoms with Gasteiger partial charge in [0.05, 0.1) is 12.7 Å². The Labute approximate surface area is 136 Å². The molecule has 0 saturated carbocycles. The van der Waals surface area contributed by atoms with Crippen LogP contribution in [0.3, 0.4) is 0 Å². The minimum atomic E-state index is -2.85. The smallest absolute Gasteiger partial charge is 0.315 e. The van der Waals surface area contributed by atoms with Crippen LogP contribution in [-0.2, 0) is 4.74 Å². The minimum Gasteiger partial charge on any atom is -0.381 e. The zero-order valence-corrected chi connectivity index (χ0v) is 12.9. The number of ether oxygens (including phenoxy) is 1. The first kappa shape index (κ1) is 17.5. The Kier molecular flexibility index (Phi) is 5.21. The lowest BCUT2D eigenvalue weighted by atomic mass is 10.0. The molecule has 0 radical (unpaired) electrons. The molecule has 126 valence electrons. The fraction of sp³-hybridized carbons (Fsp3) is 0.333. The summed E-state index contributed by atoms with van der Waals surface area (Å²) in [6, 6.07) is 7.89. The molecule has 1 atom stereocenters. The fourth-order valence-corrected chi connectivity index (χ4v) is 1.92. The molecule has 0 fully saturated rings. The molecular weight excluding hydrogens is 322 g/mol. The number of carbonyl (C=O) groups excluding carboxylic acids is 1. The number of alkyl halides is 2. The van der Waals surface area contributed by atoms with Crippen LogP contribution in [0.5, 0.6) is 0 Å². The van der Waals surface area contributed by atoms with Crippen LogP contribution in [0, 0.1) is 11.3 Å². The molecule has 7 nitrogen and oxygen atoms in total. The highest BCUT2D eigenvalue weighted by Gasteiger charge is 2.26. The maximum Gasteiger partial charge on any atom is 0.315 e. The highest BCUT2D eigenvalue weighted by molar-refractivity contribution is 5.95. The number of nitrogens with one attached hydrogen (secondary N) is 1. The predicted molar refractivity (Wildman–Crippen MR) is 78.1 cm³/mol. The highest BCUT2D eigenvalue weighted by Crippen LogP contribution is 2.21. The maximum absolute atomic E-state index is 12.4. The lowest BCUT2D eigenvalue weighted by Gasteiger charge is -2.22. The summed E-state index contributed by atoms with van der Waals surface area (Å²) in [4.78, 5) is 15.7. The second-order valence-electron chi connectivity index (χ2n) is 5.17. The van der Waals surface area contributed by atoms with Gasteiger partial charge in [0.2, 0.25) is 5.82 Å². The van der Waals surface area contributed by atoms with E-state index in [4.69, 9.17) is 10.00 Å². The topological polar surface area (TPSA) is 101 Å². The molecule has 24 heavy (non-hydrogen) atoms. The summed E-state index contributed by atoms with van der Waals surface area (Å²) in [5.74, 6) is -1.24. The summed E-state index contributed by atoms with van der Waals surface area (Å²) in [7, 11) is 1.43. The molecule has 2 aromatic rings. The zero-order valence-electron chi connectivity index (χ0n) is 12.9. The number of hydrogen-bond donors (Lipinski definition) is 1. The van der Waals surface area contributed by atoms with Crippen LogP contribution in [0.15, 0.2) is 28.8 Å². The summed E-state index contributed by atoms with van der Waals surface area (Å²) < 4.78 is 34.2. The summed E-state index contributed by atoms with van der Waals surface area (Å²) >= 11 is 0. The SMILES string of the molecule is COCC(C)(C#N)NC(=O)c1ccc(-c2noc(C(F)F)n2)cc1. The molecular formula is C15H14F2N4O3. The second-order valence-corrected chi connectivity index (χ2v) is 5.17. The summed E-state index contributed by atoms with van der Waals surface area (Å²) in [6.07, 6.45) is -2.85.